The molecule has 0 radical (unpaired) electrons. The van der Waals surface area contributed by atoms with Gasteiger partial charge in [0.1, 0.15) is 0 Å². The predicted molar refractivity (Wildman–Crippen MR) is 78.8 cm³/mol. The molecule has 1 N–H and O–H groups in total. The number of hydrogen-bond donors (Lipinski definition) is 1. The van der Waals surface area contributed by atoms with Crippen LogP contribution in [0.4, 0.5) is 0 Å². The van der Waals surface area contributed by atoms with Gasteiger partial charge in [-0.1, -0.05) is 39.5 Å². The van der Waals surface area contributed by atoms with E-state index in [0.717, 1.165) is 6.54 Å². The molecule has 1 atom stereocenters. The molecule has 1 unspecified atom stereocenters. The van der Waals surface area contributed by atoms with Crippen LogP contribution in [0.25, 0.3) is 0 Å². The van der Waals surface area contributed by atoms with Crippen molar-refractivity contribution in [2.24, 2.45) is 5.41 Å². The lowest BCUT2D eigenvalue weighted by molar-refractivity contribution is 0.0263. The van der Waals surface area contributed by atoms with Gasteiger partial charge in [0.05, 0.1) is 0 Å². The van der Waals surface area contributed by atoms with E-state index < -0.39 is 0 Å². The molecule has 0 spiro atoms. The van der Waals surface area contributed by atoms with E-state index in [-0.39, 0.29) is 5.41 Å². The first-order valence-corrected chi connectivity index (χ1v) is 8.02. The first-order chi connectivity index (χ1) is 8.67. The first-order valence-electron chi connectivity index (χ1n) is 8.02. The van der Waals surface area contributed by atoms with Crippen molar-refractivity contribution in [1.29, 1.82) is 0 Å². The molecule has 1 rings (SSSR count). The fraction of sp³-hybridized carbons (Fsp3) is 1.00. The second kappa shape index (κ2) is 8.16. The highest BCUT2D eigenvalue weighted by molar-refractivity contribution is 4.86. The van der Waals surface area contributed by atoms with Crippen LogP contribution in [0, 0.1) is 5.41 Å². The van der Waals surface area contributed by atoms with Crippen molar-refractivity contribution in [2.75, 3.05) is 19.7 Å². The zero-order valence-electron chi connectivity index (χ0n) is 12.7. The summed E-state index contributed by atoms with van der Waals surface area (Å²) in [7, 11) is 0. The standard InChI is InChI=1S/C16H33NO/c1-4-6-12-17(15(3)5-2)13-16(14-18)10-8-7-9-11-16/h15,18H,4-14H2,1-3H3. The summed E-state index contributed by atoms with van der Waals surface area (Å²) in [6, 6.07) is 0.655. The van der Waals surface area contributed by atoms with Crippen LogP contribution in [-0.2, 0) is 0 Å². The largest absolute Gasteiger partial charge is 0.396 e. The maximum absolute atomic E-state index is 9.84. The van der Waals surface area contributed by atoms with E-state index in [1.807, 2.05) is 0 Å². The molecule has 1 fully saturated rings. The fourth-order valence-corrected chi connectivity index (χ4v) is 3.17. The summed E-state index contributed by atoms with van der Waals surface area (Å²) in [4.78, 5) is 2.63. The van der Waals surface area contributed by atoms with Crippen molar-refractivity contribution in [1.82, 2.24) is 4.90 Å². The topological polar surface area (TPSA) is 23.5 Å². The summed E-state index contributed by atoms with van der Waals surface area (Å²) in [5.74, 6) is 0. The van der Waals surface area contributed by atoms with E-state index in [1.165, 1.54) is 57.9 Å². The highest BCUT2D eigenvalue weighted by Gasteiger charge is 2.34. The van der Waals surface area contributed by atoms with Gasteiger partial charge < -0.3 is 10.0 Å². The molecule has 1 aliphatic rings. The summed E-state index contributed by atoms with van der Waals surface area (Å²) in [6.07, 6.45) is 10.2. The van der Waals surface area contributed by atoms with Crippen LogP contribution >= 0.6 is 0 Å². The van der Waals surface area contributed by atoms with Crippen molar-refractivity contribution in [2.45, 2.75) is 78.2 Å². The van der Waals surface area contributed by atoms with Crippen molar-refractivity contribution in [3.8, 4) is 0 Å². The van der Waals surface area contributed by atoms with E-state index >= 15 is 0 Å². The molecule has 0 aliphatic heterocycles. The predicted octanol–water partition coefficient (Wildman–Crippen LogP) is 3.83. The molecule has 0 aromatic carbocycles. The Labute approximate surface area is 114 Å². The quantitative estimate of drug-likeness (QED) is 0.712. The average molecular weight is 255 g/mol. The van der Waals surface area contributed by atoms with Crippen molar-refractivity contribution < 1.29 is 5.11 Å². The first kappa shape index (κ1) is 16.0. The molecule has 2 nitrogen and oxygen atoms in total. The number of unbranched alkanes of at least 4 members (excludes halogenated alkanes) is 1. The van der Waals surface area contributed by atoms with E-state index in [9.17, 15) is 5.11 Å². The van der Waals surface area contributed by atoms with Crippen LogP contribution in [0.15, 0.2) is 0 Å². The van der Waals surface area contributed by atoms with Gasteiger partial charge in [-0.2, -0.15) is 0 Å². The maximum atomic E-state index is 9.84. The smallest absolute Gasteiger partial charge is 0.0499 e. The molecule has 0 bridgehead atoms. The van der Waals surface area contributed by atoms with Gasteiger partial charge in [0, 0.05) is 24.6 Å². The van der Waals surface area contributed by atoms with Crippen molar-refractivity contribution >= 4 is 0 Å². The molecular weight excluding hydrogens is 222 g/mol. The lowest BCUT2D eigenvalue weighted by Gasteiger charge is -2.42. The third kappa shape index (κ3) is 4.55. The zero-order chi connectivity index (χ0) is 13.4. The molecule has 108 valence electrons. The number of nitrogens with zero attached hydrogens (tertiary/aromatic N) is 1. The fourth-order valence-electron chi connectivity index (χ4n) is 3.17. The Morgan fingerprint density at radius 2 is 1.83 bits per heavy atom. The Morgan fingerprint density at radius 3 is 2.33 bits per heavy atom. The number of hydrogen-bond acceptors (Lipinski definition) is 2. The number of aliphatic hydroxyl groups excluding tert-OH is 1. The van der Waals surface area contributed by atoms with E-state index in [4.69, 9.17) is 0 Å². The summed E-state index contributed by atoms with van der Waals surface area (Å²) >= 11 is 0. The Balaban J connectivity index is 2.60. The van der Waals surface area contributed by atoms with Gasteiger partial charge in [0.15, 0.2) is 0 Å². The Hall–Kier alpha value is -0.0800. The molecule has 18 heavy (non-hydrogen) atoms. The van der Waals surface area contributed by atoms with Crippen LogP contribution in [0.3, 0.4) is 0 Å². The molecule has 1 aliphatic carbocycles. The van der Waals surface area contributed by atoms with Crippen LogP contribution in [-0.4, -0.2) is 35.7 Å². The van der Waals surface area contributed by atoms with E-state index in [2.05, 4.69) is 25.7 Å². The van der Waals surface area contributed by atoms with Crippen LogP contribution < -0.4 is 0 Å². The second-order valence-corrected chi connectivity index (χ2v) is 6.30. The minimum absolute atomic E-state index is 0.204. The Bertz CT molecular complexity index is 211. The Kier molecular flexibility index (Phi) is 7.25. The van der Waals surface area contributed by atoms with Gasteiger partial charge >= 0.3 is 0 Å². The van der Waals surface area contributed by atoms with E-state index in [1.54, 1.807) is 0 Å². The monoisotopic (exact) mass is 255 g/mol. The normalized spacial score (nSPS) is 21.2. The maximum Gasteiger partial charge on any atom is 0.0499 e. The van der Waals surface area contributed by atoms with Gasteiger partial charge in [0.2, 0.25) is 0 Å². The molecule has 0 heterocycles. The molecule has 0 saturated heterocycles. The minimum Gasteiger partial charge on any atom is -0.396 e. The highest BCUT2D eigenvalue weighted by Crippen LogP contribution is 2.37. The summed E-state index contributed by atoms with van der Waals surface area (Å²) in [6.45, 7) is 9.56. The third-order valence-electron chi connectivity index (χ3n) is 4.80. The van der Waals surface area contributed by atoms with Crippen LogP contribution in [0.1, 0.15) is 72.1 Å². The SMILES string of the molecule is CCCCN(CC1(CO)CCCCC1)C(C)CC. The van der Waals surface area contributed by atoms with Crippen LogP contribution in [0.2, 0.25) is 0 Å². The Morgan fingerprint density at radius 1 is 1.17 bits per heavy atom. The molecule has 2 heteroatoms. The number of rotatable bonds is 8. The lowest BCUT2D eigenvalue weighted by atomic mass is 9.74. The van der Waals surface area contributed by atoms with E-state index in [0.29, 0.717) is 12.6 Å². The summed E-state index contributed by atoms with van der Waals surface area (Å²) in [5, 5.41) is 9.84. The lowest BCUT2D eigenvalue weighted by Crippen LogP contribution is -2.45. The number of aliphatic hydroxyl groups is 1. The van der Waals surface area contributed by atoms with Crippen molar-refractivity contribution in [3.63, 3.8) is 0 Å². The minimum atomic E-state index is 0.204. The molecule has 0 amide bonds. The summed E-state index contributed by atoms with van der Waals surface area (Å²) in [5.41, 5.74) is 0.204. The van der Waals surface area contributed by atoms with Gasteiger partial charge in [0.25, 0.3) is 0 Å². The van der Waals surface area contributed by atoms with Gasteiger partial charge in [-0.05, 0) is 39.2 Å². The van der Waals surface area contributed by atoms with Crippen molar-refractivity contribution in [3.05, 3.63) is 0 Å². The molecule has 1 saturated carbocycles. The highest BCUT2D eigenvalue weighted by atomic mass is 16.3. The molecular formula is C16H33NO. The zero-order valence-corrected chi connectivity index (χ0v) is 12.7. The third-order valence-corrected chi connectivity index (χ3v) is 4.80. The van der Waals surface area contributed by atoms with Crippen LogP contribution in [0.5, 0.6) is 0 Å². The van der Waals surface area contributed by atoms with Gasteiger partial charge in [-0.25, -0.2) is 0 Å². The second-order valence-electron chi connectivity index (χ2n) is 6.30. The average Bonchev–Trinajstić information content (AvgIpc) is 2.43. The van der Waals surface area contributed by atoms with Gasteiger partial charge in [-0.3, -0.25) is 0 Å². The molecule has 0 aromatic heterocycles. The summed E-state index contributed by atoms with van der Waals surface area (Å²) < 4.78 is 0. The van der Waals surface area contributed by atoms with Gasteiger partial charge in [-0.15, -0.1) is 0 Å². The molecule has 0 aromatic rings.